The van der Waals surface area contributed by atoms with E-state index in [4.69, 9.17) is 0 Å². The van der Waals surface area contributed by atoms with Crippen molar-refractivity contribution in [2.45, 2.75) is 44.9 Å². The van der Waals surface area contributed by atoms with Crippen molar-refractivity contribution in [2.75, 3.05) is 33.2 Å². The maximum Gasteiger partial charge on any atom is 0.000661 e. The predicted octanol–water partition coefficient (Wildman–Crippen LogP) is 2.50. The van der Waals surface area contributed by atoms with Gasteiger partial charge in [-0.3, -0.25) is 0 Å². The molecule has 0 radical (unpaired) electrons. The Morgan fingerprint density at radius 3 is 2.56 bits per heavy atom. The Labute approximate surface area is 101 Å². The first-order valence-corrected chi connectivity index (χ1v) is 7.24. The molecule has 0 aromatic heterocycles. The molecule has 0 bridgehead atoms. The molecular weight excluding hydrogens is 196 g/mol. The number of rotatable bonds is 6. The molecular formula is C14H28N2. The summed E-state index contributed by atoms with van der Waals surface area (Å²) >= 11 is 0. The Kier molecular flexibility index (Phi) is 5.11. The van der Waals surface area contributed by atoms with Gasteiger partial charge in [0.05, 0.1) is 0 Å². The summed E-state index contributed by atoms with van der Waals surface area (Å²) in [5.41, 5.74) is 0. The van der Waals surface area contributed by atoms with Crippen molar-refractivity contribution in [3.8, 4) is 0 Å². The minimum Gasteiger partial charge on any atom is -0.316 e. The van der Waals surface area contributed by atoms with E-state index in [1.54, 1.807) is 0 Å². The molecule has 1 unspecified atom stereocenters. The highest BCUT2D eigenvalue weighted by Gasteiger charge is 2.19. The van der Waals surface area contributed by atoms with Crippen molar-refractivity contribution >= 4 is 0 Å². The molecule has 1 N–H and O–H groups in total. The number of nitrogens with one attached hydrogen (secondary N) is 1. The summed E-state index contributed by atoms with van der Waals surface area (Å²) in [6.45, 7) is 5.18. The van der Waals surface area contributed by atoms with Crippen molar-refractivity contribution < 1.29 is 0 Å². The molecule has 2 fully saturated rings. The molecule has 1 saturated heterocycles. The predicted molar refractivity (Wildman–Crippen MR) is 69.7 cm³/mol. The lowest BCUT2D eigenvalue weighted by Crippen LogP contribution is -2.32. The summed E-state index contributed by atoms with van der Waals surface area (Å²) in [5.74, 6) is 1.99. The van der Waals surface area contributed by atoms with Gasteiger partial charge in [0, 0.05) is 6.54 Å². The van der Waals surface area contributed by atoms with Crippen LogP contribution in [0.2, 0.25) is 0 Å². The van der Waals surface area contributed by atoms with Gasteiger partial charge in [-0.15, -0.1) is 0 Å². The SMILES string of the molecule is CN(CCCC1CCCNC1)CC1CCC1. The number of piperidine rings is 1. The fraction of sp³-hybridized carbons (Fsp3) is 1.00. The van der Waals surface area contributed by atoms with Gasteiger partial charge in [-0.1, -0.05) is 6.42 Å². The molecule has 2 rings (SSSR count). The van der Waals surface area contributed by atoms with E-state index in [1.165, 1.54) is 71.1 Å². The summed E-state index contributed by atoms with van der Waals surface area (Å²) in [5, 5.41) is 3.51. The van der Waals surface area contributed by atoms with E-state index in [1.807, 2.05) is 0 Å². The molecule has 2 aliphatic rings. The van der Waals surface area contributed by atoms with Crippen LogP contribution in [-0.2, 0) is 0 Å². The van der Waals surface area contributed by atoms with Gasteiger partial charge in [0.15, 0.2) is 0 Å². The normalized spacial score (nSPS) is 27.0. The summed E-state index contributed by atoms with van der Waals surface area (Å²) < 4.78 is 0. The Bertz CT molecular complexity index is 183. The molecule has 16 heavy (non-hydrogen) atoms. The zero-order valence-electron chi connectivity index (χ0n) is 10.9. The van der Waals surface area contributed by atoms with Gasteiger partial charge in [0.2, 0.25) is 0 Å². The molecule has 1 heterocycles. The molecule has 2 nitrogen and oxygen atoms in total. The van der Waals surface area contributed by atoms with E-state index in [0.29, 0.717) is 0 Å². The topological polar surface area (TPSA) is 15.3 Å². The third-order valence-electron chi connectivity index (χ3n) is 4.35. The molecule has 94 valence electrons. The van der Waals surface area contributed by atoms with Crippen LogP contribution >= 0.6 is 0 Å². The lowest BCUT2D eigenvalue weighted by Gasteiger charge is -2.30. The molecule has 0 amide bonds. The van der Waals surface area contributed by atoms with Gasteiger partial charge >= 0.3 is 0 Å². The largest absolute Gasteiger partial charge is 0.316 e. The monoisotopic (exact) mass is 224 g/mol. The third kappa shape index (κ3) is 4.06. The van der Waals surface area contributed by atoms with Gasteiger partial charge in [0.25, 0.3) is 0 Å². The van der Waals surface area contributed by atoms with Crippen LogP contribution in [0.5, 0.6) is 0 Å². The minimum atomic E-state index is 0.964. The van der Waals surface area contributed by atoms with Crippen molar-refractivity contribution in [3.63, 3.8) is 0 Å². The number of nitrogens with zero attached hydrogens (tertiary/aromatic N) is 1. The van der Waals surface area contributed by atoms with Crippen LogP contribution in [0.3, 0.4) is 0 Å². The van der Waals surface area contributed by atoms with Crippen molar-refractivity contribution in [3.05, 3.63) is 0 Å². The summed E-state index contributed by atoms with van der Waals surface area (Å²) in [6, 6.07) is 0. The molecule has 0 spiro atoms. The molecule has 1 saturated carbocycles. The Hall–Kier alpha value is -0.0800. The maximum absolute atomic E-state index is 3.51. The van der Waals surface area contributed by atoms with Crippen LogP contribution in [0.25, 0.3) is 0 Å². The second-order valence-electron chi connectivity index (χ2n) is 5.91. The highest BCUT2D eigenvalue weighted by Crippen LogP contribution is 2.26. The van der Waals surface area contributed by atoms with E-state index in [2.05, 4.69) is 17.3 Å². The summed E-state index contributed by atoms with van der Waals surface area (Å²) in [7, 11) is 2.30. The van der Waals surface area contributed by atoms with Crippen LogP contribution in [0.1, 0.15) is 44.9 Å². The molecule has 0 aromatic carbocycles. The molecule has 1 aliphatic carbocycles. The van der Waals surface area contributed by atoms with E-state index in [-0.39, 0.29) is 0 Å². The Morgan fingerprint density at radius 2 is 1.94 bits per heavy atom. The van der Waals surface area contributed by atoms with Crippen molar-refractivity contribution in [2.24, 2.45) is 11.8 Å². The van der Waals surface area contributed by atoms with Crippen LogP contribution in [0, 0.1) is 11.8 Å². The van der Waals surface area contributed by atoms with Gasteiger partial charge in [0.1, 0.15) is 0 Å². The smallest absolute Gasteiger partial charge is 0.000661 e. The van der Waals surface area contributed by atoms with E-state index in [0.717, 1.165) is 11.8 Å². The van der Waals surface area contributed by atoms with Crippen molar-refractivity contribution in [1.29, 1.82) is 0 Å². The first-order valence-electron chi connectivity index (χ1n) is 7.24. The highest BCUT2D eigenvalue weighted by molar-refractivity contribution is 4.73. The van der Waals surface area contributed by atoms with E-state index in [9.17, 15) is 0 Å². The Morgan fingerprint density at radius 1 is 1.12 bits per heavy atom. The van der Waals surface area contributed by atoms with Gasteiger partial charge in [-0.25, -0.2) is 0 Å². The molecule has 1 atom stereocenters. The quantitative estimate of drug-likeness (QED) is 0.746. The van der Waals surface area contributed by atoms with Crippen molar-refractivity contribution in [1.82, 2.24) is 10.2 Å². The van der Waals surface area contributed by atoms with E-state index < -0.39 is 0 Å². The Balaban J connectivity index is 1.49. The summed E-state index contributed by atoms with van der Waals surface area (Å²) in [4.78, 5) is 2.56. The third-order valence-corrected chi connectivity index (χ3v) is 4.35. The van der Waals surface area contributed by atoms with E-state index >= 15 is 0 Å². The highest BCUT2D eigenvalue weighted by atomic mass is 15.1. The fourth-order valence-corrected chi connectivity index (χ4v) is 3.03. The second-order valence-corrected chi connectivity index (χ2v) is 5.91. The van der Waals surface area contributed by atoms with Crippen LogP contribution in [-0.4, -0.2) is 38.1 Å². The zero-order valence-corrected chi connectivity index (χ0v) is 10.9. The molecule has 1 aliphatic heterocycles. The van der Waals surface area contributed by atoms with Gasteiger partial charge in [-0.05, 0) is 77.0 Å². The average Bonchev–Trinajstić information content (AvgIpc) is 2.25. The zero-order chi connectivity index (χ0) is 11.2. The first-order chi connectivity index (χ1) is 7.84. The summed E-state index contributed by atoms with van der Waals surface area (Å²) in [6.07, 6.45) is 10.1. The lowest BCUT2D eigenvalue weighted by atomic mass is 9.85. The van der Waals surface area contributed by atoms with Crippen LogP contribution < -0.4 is 5.32 Å². The number of hydrogen-bond acceptors (Lipinski definition) is 2. The average molecular weight is 224 g/mol. The van der Waals surface area contributed by atoms with Crippen LogP contribution in [0.15, 0.2) is 0 Å². The van der Waals surface area contributed by atoms with Crippen LogP contribution in [0.4, 0.5) is 0 Å². The molecule has 2 heteroatoms. The fourth-order valence-electron chi connectivity index (χ4n) is 3.03. The first kappa shape index (κ1) is 12.4. The minimum absolute atomic E-state index is 0.964. The van der Waals surface area contributed by atoms with Gasteiger partial charge in [-0.2, -0.15) is 0 Å². The standard InChI is InChI=1S/C14H28N2/c1-16(12-14-5-2-6-14)10-4-8-13-7-3-9-15-11-13/h13-15H,2-12H2,1H3. The number of hydrogen-bond donors (Lipinski definition) is 1. The second kappa shape index (κ2) is 6.61. The van der Waals surface area contributed by atoms with Gasteiger partial charge < -0.3 is 10.2 Å². The molecule has 0 aromatic rings. The maximum atomic E-state index is 3.51. The lowest BCUT2D eigenvalue weighted by molar-refractivity contribution is 0.199.